The molecule has 18 heteroatoms. The van der Waals surface area contributed by atoms with Gasteiger partial charge in [0, 0.05) is 20.5 Å². The fourth-order valence-electron chi connectivity index (χ4n) is 4.55. The van der Waals surface area contributed by atoms with Crippen LogP contribution in [0.3, 0.4) is 0 Å². The molecule has 0 aliphatic carbocycles. The molecule has 0 spiro atoms. The van der Waals surface area contributed by atoms with Gasteiger partial charge in [0.1, 0.15) is 22.6 Å². The first-order valence-electron chi connectivity index (χ1n) is 11.3. The van der Waals surface area contributed by atoms with E-state index in [1.54, 1.807) is 0 Å². The zero-order valence-electron chi connectivity index (χ0n) is 21.1. The summed E-state index contributed by atoms with van der Waals surface area (Å²) in [5.41, 5.74) is -8.61. The smallest absolute Gasteiger partial charge is 0.422 e. The Morgan fingerprint density at radius 3 is 0.977 bits per heavy atom. The van der Waals surface area contributed by atoms with Crippen LogP contribution in [0.2, 0.25) is 0 Å². The Hall–Kier alpha value is -3.80. The summed E-state index contributed by atoms with van der Waals surface area (Å²) < 4.78 is 205. The van der Waals surface area contributed by atoms with Crippen molar-refractivity contribution in [1.82, 2.24) is 0 Å². The molecule has 5 rings (SSSR count). The molecule has 0 N–H and O–H groups in total. The van der Waals surface area contributed by atoms with Gasteiger partial charge in [0.2, 0.25) is 0 Å². The van der Waals surface area contributed by atoms with Crippen molar-refractivity contribution < 1.29 is 70.9 Å². The SMILES string of the molecule is COc1c2cc(-c3c(F)c(F)c(C(F)(F)F)c(F)c3F)sc2c(OC)c2cc(-c3c(F)c(F)c(C(F)(F)F)c(F)c3F)sc12. The molecule has 0 saturated heterocycles. The van der Waals surface area contributed by atoms with Crippen LogP contribution in [0, 0.1) is 46.5 Å². The third kappa shape index (κ3) is 4.52. The average Bonchev–Trinajstić information content (AvgIpc) is 3.53. The molecule has 2 nitrogen and oxygen atoms in total. The molecule has 5 aromatic rings. The van der Waals surface area contributed by atoms with Gasteiger partial charge in [-0.25, -0.2) is 35.1 Å². The highest BCUT2D eigenvalue weighted by Gasteiger charge is 2.44. The lowest BCUT2D eigenvalue weighted by molar-refractivity contribution is -0.144. The number of rotatable bonds is 4. The molecule has 0 atom stereocenters. The first kappa shape index (κ1) is 31.6. The normalized spacial score (nSPS) is 12.5. The number of methoxy groups -OCH3 is 2. The standard InChI is InChI=1S/C26H8F14O2S2/c1-41-21-5-3-7(9-13(27)17(31)11(25(35,36)37)18(32)14(9)28)44-24(5)22(42-2)6-4-8(43-23(6)21)10-15(29)19(33)12(26(38,39)40)20(34)16(10)30/h3-4H,1-2H3. The summed E-state index contributed by atoms with van der Waals surface area (Å²) in [5, 5.41) is -0.314. The van der Waals surface area contributed by atoms with E-state index in [2.05, 4.69) is 0 Å². The van der Waals surface area contributed by atoms with Crippen molar-refractivity contribution >= 4 is 42.8 Å². The Kier molecular flexibility index (Phi) is 7.47. The number of benzene rings is 3. The van der Waals surface area contributed by atoms with E-state index in [0.717, 1.165) is 26.4 Å². The quantitative estimate of drug-likeness (QED) is 0.139. The van der Waals surface area contributed by atoms with Crippen molar-refractivity contribution in [2.75, 3.05) is 14.2 Å². The van der Waals surface area contributed by atoms with Crippen LogP contribution >= 0.6 is 22.7 Å². The van der Waals surface area contributed by atoms with E-state index < -0.39 is 90.9 Å². The van der Waals surface area contributed by atoms with Gasteiger partial charge in [-0.05, 0) is 12.1 Å². The number of thiophene rings is 2. The average molecular weight is 682 g/mol. The van der Waals surface area contributed by atoms with Crippen molar-refractivity contribution in [1.29, 1.82) is 0 Å². The van der Waals surface area contributed by atoms with Gasteiger partial charge in [-0.1, -0.05) is 0 Å². The molecule has 0 saturated carbocycles. The summed E-state index contributed by atoms with van der Waals surface area (Å²) >= 11 is 0.676. The maximum Gasteiger partial charge on any atom is 0.422 e. The minimum absolute atomic E-state index is 0.138. The number of hydrogen-bond donors (Lipinski definition) is 0. The van der Waals surface area contributed by atoms with Gasteiger partial charge < -0.3 is 9.47 Å². The predicted molar refractivity (Wildman–Crippen MR) is 131 cm³/mol. The van der Waals surface area contributed by atoms with Gasteiger partial charge in [0.25, 0.3) is 0 Å². The van der Waals surface area contributed by atoms with Crippen molar-refractivity contribution in [2.24, 2.45) is 0 Å². The van der Waals surface area contributed by atoms with Crippen LogP contribution in [0.1, 0.15) is 11.1 Å². The van der Waals surface area contributed by atoms with Crippen LogP contribution < -0.4 is 9.47 Å². The molecule has 0 bridgehead atoms. The molecule has 0 unspecified atom stereocenters. The first-order chi connectivity index (χ1) is 20.4. The molecule has 0 radical (unpaired) electrons. The fraction of sp³-hybridized carbons (Fsp3) is 0.154. The van der Waals surface area contributed by atoms with E-state index in [1.165, 1.54) is 0 Å². The van der Waals surface area contributed by atoms with Gasteiger partial charge in [-0.15, -0.1) is 22.7 Å². The number of hydrogen-bond acceptors (Lipinski definition) is 4. The van der Waals surface area contributed by atoms with Gasteiger partial charge in [-0.3, -0.25) is 0 Å². The van der Waals surface area contributed by atoms with E-state index in [9.17, 15) is 61.5 Å². The number of alkyl halides is 6. The molecule has 2 heterocycles. The molecule has 44 heavy (non-hydrogen) atoms. The summed E-state index contributed by atoms with van der Waals surface area (Å²) in [7, 11) is 2.04. The second kappa shape index (κ2) is 10.4. The highest BCUT2D eigenvalue weighted by atomic mass is 32.1. The van der Waals surface area contributed by atoms with Crippen LogP contribution in [0.15, 0.2) is 12.1 Å². The first-order valence-corrected chi connectivity index (χ1v) is 13.0. The molecular weight excluding hydrogens is 674 g/mol. The summed E-state index contributed by atoms with van der Waals surface area (Å²) in [5.74, 6) is -20.9. The zero-order valence-corrected chi connectivity index (χ0v) is 22.7. The summed E-state index contributed by atoms with van der Waals surface area (Å²) in [4.78, 5) is -1.31. The van der Waals surface area contributed by atoms with Gasteiger partial charge in [0.15, 0.2) is 46.5 Å². The lowest BCUT2D eigenvalue weighted by Crippen LogP contribution is -2.15. The van der Waals surface area contributed by atoms with Gasteiger partial charge in [0.05, 0.1) is 34.7 Å². The van der Waals surface area contributed by atoms with Crippen LogP contribution in [-0.2, 0) is 12.4 Å². The summed E-state index contributed by atoms with van der Waals surface area (Å²) in [6, 6.07) is 1.71. The minimum atomic E-state index is -5.79. The van der Waals surface area contributed by atoms with E-state index >= 15 is 0 Å². The lowest BCUT2D eigenvalue weighted by Gasteiger charge is -2.13. The molecule has 0 fully saturated rings. The number of ether oxygens (including phenoxy) is 2. The van der Waals surface area contributed by atoms with Crippen molar-refractivity contribution in [3.8, 4) is 32.4 Å². The number of halogens is 14. The predicted octanol–water partition coefficient (Wildman–Crippen LogP) is 10.6. The third-order valence-electron chi connectivity index (χ3n) is 6.36. The zero-order chi connectivity index (χ0) is 32.8. The van der Waals surface area contributed by atoms with Crippen molar-refractivity contribution in [3.63, 3.8) is 0 Å². The van der Waals surface area contributed by atoms with Crippen LogP contribution in [0.5, 0.6) is 11.5 Å². The second-order valence-electron chi connectivity index (χ2n) is 8.78. The van der Waals surface area contributed by atoms with E-state index in [-0.39, 0.29) is 31.7 Å². The Morgan fingerprint density at radius 1 is 0.477 bits per heavy atom. The number of fused-ring (bicyclic) bond motifs is 2. The monoisotopic (exact) mass is 682 g/mol. The highest BCUT2D eigenvalue weighted by Crippen LogP contribution is 2.54. The Bertz CT molecular complexity index is 1750. The third-order valence-corrected chi connectivity index (χ3v) is 8.66. The van der Waals surface area contributed by atoms with Crippen LogP contribution in [0.4, 0.5) is 61.5 Å². The van der Waals surface area contributed by atoms with E-state index in [0.29, 0.717) is 22.7 Å². The van der Waals surface area contributed by atoms with Crippen LogP contribution in [-0.4, -0.2) is 14.2 Å². The Balaban J connectivity index is 1.81. The summed E-state index contributed by atoms with van der Waals surface area (Å²) in [6.07, 6.45) is -11.6. The Morgan fingerprint density at radius 2 is 0.750 bits per heavy atom. The molecule has 0 aliphatic heterocycles. The van der Waals surface area contributed by atoms with Crippen molar-refractivity contribution in [2.45, 2.75) is 12.4 Å². The van der Waals surface area contributed by atoms with E-state index in [4.69, 9.17) is 9.47 Å². The minimum Gasteiger partial charge on any atom is -0.495 e. The molecule has 0 amide bonds. The van der Waals surface area contributed by atoms with Gasteiger partial charge >= 0.3 is 12.4 Å². The van der Waals surface area contributed by atoms with Crippen LogP contribution in [0.25, 0.3) is 41.1 Å². The van der Waals surface area contributed by atoms with Gasteiger partial charge in [-0.2, -0.15) is 26.3 Å². The molecule has 2 aromatic heterocycles. The topological polar surface area (TPSA) is 18.5 Å². The second-order valence-corrected chi connectivity index (χ2v) is 10.9. The Labute approximate surface area is 242 Å². The molecule has 3 aromatic carbocycles. The van der Waals surface area contributed by atoms with E-state index in [1.807, 2.05) is 0 Å². The largest absolute Gasteiger partial charge is 0.495 e. The maximum atomic E-state index is 14.8. The van der Waals surface area contributed by atoms with Crippen molar-refractivity contribution in [3.05, 3.63) is 69.8 Å². The molecular formula is C26H8F14O2S2. The lowest BCUT2D eigenvalue weighted by atomic mass is 10.0. The fourth-order valence-corrected chi connectivity index (χ4v) is 7.00. The maximum absolute atomic E-state index is 14.8. The summed E-state index contributed by atoms with van der Waals surface area (Å²) in [6.45, 7) is 0. The molecule has 0 aliphatic rings. The highest BCUT2D eigenvalue weighted by molar-refractivity contribution is 7.24. The molecule has 234 valence electrons.